The number of carbonyl (C=O) groups excluding carboxylic acids is 2. The standard InChI is InChI=1S/C16H12BrF2NO4/c1-23-16(22)11-7-10(3-4-12(11)18)20-15(21)8-24-14-5-2-9(17)6-13(14)19/h2-7H,8H2,1H3,(H,20,21). The monoisotopic (exact) mass is 399 g/mol. The summed E-state index contributed by atoms with van der Waals surface area (Å²) < 4.78 is 37.1. The van der Waals surface area contributed by atoms with Crippen molar-refractivity contribution in [1.82, 2.24) is 0 Å². The summed E-state index contributed by atoms with van der Waals surface area (Å²) in [5, 5.41) is 2.42. The first-order chi connectivity index (χ1) is 11.4. The average Bonchev–Trinajstić information content (AvgIpc) is 2.55. The summed E-state index contributed by atoms with van der Waals surface area (Å²) in [5.41, 5.74) is -0.128. The normalized spacial score (nSPS) is 10.2. The van der Waals surface area contributed by atoms with Crippen molar-refractivity contribution in [2.45, 2.75) is 0 Å². The number of benzene rings is 2. The Morgan fingerprint density at radius 1 is 1.12 bits per heavy atom. The van der Waals surface area contributed by atoms with E-state index in [1.165, 1.54) is 18.2 Å². The molecule has 0 spiro atoms. The highest BCUT2D eigenvalue weighted by Crippen LogP contribution is 2.21. The number of nitrogens with one attached hydrogen (secondary N) is 1. The van der Waals surface area contributed by atoms with Gasteiger partial charge in [-0.2, -0.15) is 0 Å². The quantitative estimate of drug-likeness (QED) is 0.781. The van der Waals surface area contributed by atoms with Crippen LogP contribution in [-0.4, -0.2) is 25.6 Å². The summed E-state index contributed by atoms with van der Waals surface area (Å²) in [4.78, 5) is 23.2. The molecule has 2 aromatic rings. The first kappa shape index (κ1) is 17.9. The minimum Gasteiger partial charge on any atom is -0.481 e. The van der Waals surface area contributed by atoms with Crippen LogP contribution in [0.25, 0.3) is 0 Å². The molecule has 0 heterocycles. The van der Waals surface area contributed by atoms with Crippen LogP contribution in [0.4, 0.5) is 14.5 Å². The molecule has 5 nitrogen and oxygen atoms in total. The number of halogens is 3. The Balaban J connectivity index is 2.01. The van der Waals surface area contributed by atoms with E-state index in [-0.39, 0.29) is 17.0 Å². The van der Waals surface area contributed by atoms with Gasteiger partial charge in [0, 0.05) is 10.2 Å². The molecule has 0 radical (unpaired) electrons. The molecule has 0 aliphatic carbocycles. The van der Waals surface area contributed by atoms with Gasteiger partial charge in [0.1, 0.15) is 5.82 Å². The van der Waals surface area contributed by atoms with Crippen molar-refractivity contribution in [3.05, 3.63) is 58.1 Å². The van der Waals surface area contributed by atoms with Crippen LogP contribution >= 0.6 is 15.9 Å². The predicted molar refractivity (Wildman–Crippen MR) is 86.0 cm³/mol. The SMILES string of the molecule is COC(=O)c1cc(NC(=O)COc2ccc(Br)cc2F)ccc1F. The Hall–Kier alpha value is -2.48. The van der Waals surface area contributed by atoms with E-state index in [0.29, 0.717) is 4.47 Å². The Labute approximate surface area is 144 Å². The van der Waals surface area contributed by atoms with E-state index in [2.05, 4.69) is 26.0 Å². The zero-order chi connectivity index (χ0) is 17.7. The van der Waals surface area contributed by atoms with E-state index >= 15 is 0 Å². The molecule has 0 unspecified atom stereocenters. The summed E-state index contributed by atoms with van der Waals surface area (Å²) >= 11 is 3.11. The highest BCUT2D eigenvalue weighted by atomic mass is 79.9. The smallest absolute Gasteiger partial charge is 0.340 e. The topological polar surface area (TPSA) is 64.6 Å². The van der Waals surface area contributed by atoms with Crippen LogP contribution in [0.5, 0.6) is 5.75 Å². The minimum atomic E-state index is -0.864. The van der Waals surface area contributed by atoms with Crippen LogP contribution in [0.15, 0.2) is 40.9 Å². The number of hydrogen-bond acceptors (Lipinski definition) is 4. The minimum absolute atomic E-state index is 0.0808. The lowest BCUT2D eigenvalue weighted by Crippen LogP contribution is -2.20. The third-order valence-corrected chi connectivity index (χ3v) is 3.40. The van der Waals surface area contributed by atoms with Crippen molar-refractivity contribution < 1.29 is 27.8 Å². The van der Waals surface area contributed by atoms with E-state index in [4.69, 9.17) is 4.74 Å². The number of rotatable bonds is 5. The van der Waals surface area contributed by atoms with Gasteiger partial charge < -0.3 is 14.8 Å². The second-order valence-corrected chi connectivity index (χ2v) is 5.51. The van der Waals surface area contributed by atoms with Gasteiger partial charge in [-0.15, -0.1) is 0 Å². The molecule has 2 aromatic carbocycles. The molecular formula is C16H12BrF2NO4. The Bertz CT molecular complexity index is 783. The van der Waals surface area contributed by atoms with Gasteiger partial charge in [-0.1, -0.05) is 15.9 Å². The fraction of sp³-hybridized carbons (Fsp3) is 0.125. The zero-order valence-electron chi connectivity index (χ0n) is 12.4. The van der Waals surface area contributed by atoms with Crippen molar-refractivity contribution >= 4 is 33.5 Å². The molecule has 0 aromatic heterocycles. The van der Waals surface area contributed by atoms with Crippen LogP contribution in [-0.2, 0) is 9.53 Å². The van der Waals surface area contributed by atoms with Gasteiger partial charge in [0.2, 0.25) is 0 Å². The van der Waals surface area contributed by atoms with Crippen molar-refractivity contribution in [1.29, 1.82) is 0 Å². The molecule has 126 valence electrons. The molecule has 0 saturated heterocycles. The van der Waals surface area contributed by atoms with Crippen LogP contribution in [0.2, 0.25) is 0 Å². The van der Waals surface area contributed by atoms with Gasteiger partial charge in [-0.05, 0) is 36.4 Å². The van der Waals surface area contributed by atoms with Gasteiger partial charge in [-0.3, -0.25) is 4.79 Å². The molecule has 0 aliphatic rings. The van der Waals surface area contributed by atoms with Crippen molar-refractivity contribution in [3.63, 3.8) is 0 Å². The molecule has 2 rings (SSSR count). The number of amides is 1. The van der Waals surface area contributed by atoms with Crippen molar-refractivity contribution in [3.8, 4) is 5.75 Å². The molecule has 0 aliphatic heterocycles. The Kier molecular flexibility index (Phi) is 5.86. The van der Waals surface area contributed by atoms with Crippen LogP contribution in [0.1, 0.15) is 10.4 Å². The van der Waals surface area contributed by atoms with Crippen LogP contribution in [0, 0.1) is 11.6 Å². The summed E-state index contributed by atoms with van der Waals surface area (Å²) in [7, 11) is 1.12. The molecule has 8 heteroatoms. The molecular weight excluding hydrogens is 388 g/mol. The number of ether oxygens (including phenoxy) is 2. The third-order valence-electron chi connectivity index (χ3n) is 2.91. The van der Waals surface area contributed by atoms with Crippen LogP contribution in [0.3, 0.4) is 0 Å². The molecule has 1 N–H and O–H groups in total. The Morgan fingerprint density at radius 3 is 2.54 bits per heavy atom. The fourth-order valence-corrected chi connectivity index (χ4v) is 2.14. The van der Waals surface area contributed by atoms with Gasteiger partial charge >= 0.3 is 5.97 Å². The van der Waals surface area contributed by atoms with Crippen LogP contribution < -0.4 is 10.1 Å². The van der Waals surface area contributed by atoms with Gasteiger partial charge in [-0.25, -0.2) is 13.6 Å². The number of hydrogen-bond donors (Lipinski definition) is 1. The maximum absolute atomic E-state index is 13.6. The number of methoxy groups -OCH3 is 1. The lowest BCUT2D eigenvalue weighted by Gasteiger charge is -2.09. The van der Waals surface area contributed by atoms with E-state index < -0.39 is 30.1 Å². The van der Waals surface area contributed by atoms with Crippen molar-refractivity contribution in [2.24, 2.45) is 0 Å². The molecule has 0 bridgehead atoms. The lowest BCUT2D eigenvalue weighted by atomic mass is 10.2. The first-order valence-corrected chi connectivity index (χ1v) is 7.45. The van der Waals surface area contributed by atoms with Gasteiger partial charge in [0.25, 0.3) is 5.91 Å². The van der Waals surface area contributed by atoms with E-state index in [1.54, 1.807) is 6.07 Å². The summed E-state index contributed by atoms with van der Waals surface area (Å²) in [6.45, 7) is -0.455. The predicted octanol–water partition coefficient (Wildman–Crippen LogP) is 3.53. The Morgan fingerprint density at radius 2 is 1.88 bits per heavy atom. The number of carbonyl (C=O) groups is 2. The molecule has 0 fully saturated rings. The molecule has 0 saturated carbocycles. The first-order valence-electron chi connectivity index (χ1n) is 6.66. The second kappa shape index (κ2) is 7.87. The summed E-state index contributed by atoms with van der Waals surface area (Å²) in [6.07, 6.45) is 0. The van der Waals surface area contributed by atoms with Crippen molar-refractivity contribution in [2.75, 3.05) is 19.0 Å². The lowest BCUT2D eigenvalue weighted by molar-refractivity contribution is -0.118. The second-order valence-electron chi connectivity index (χ2n) is 4.60. The largest absolute Gasteiger partial charge is 0.481 e. The number of esters is 1. The summed E-state index contributed by atoms with van der Waals surface area (Å²) in [5.74, 6) is -2.93. The zero-order valence-corrected chi connectivity index (χ0v) is 14.0. The van der Waals surface area contributed by atoms with Gasteiger partial charge in [0.05, 0.1) is 12.7 Å². The average molecular weight is 400 g/mol. The van der Waals surface area contributed by atoms with E-state index in [0.717, 1.165) is 19.2 Å². The number of anilines is 1. The maximum atomic E-state index is 13.6. The highest BCUT2D eigenvalue weighted by molar-refractivity contribution is 9.10. The molecule has 1 amide bonds. The molecule has 0 atom stereocenters. The highest BCUT2D eigenvalue weighted by Gasteiger charge is 2.14. The maximum Gasteiger partial charge on any atom is 0.340 e. The summed E-state index contributed by atoms with van der Waals surface area (Å²) in [6, 6.07) is 7.59. The third kappa shape index (κ3) is 4.51. The van der Waals surface area contributed by atoms with E-state index in [9.17, 15) is 18.4 Å². The fourth-order valence-electron chi connectivity index (χ4n) is 1.80. The molecule has 24 heavy (non-hydrogen) atoms. The van der Waals surface area contributed by atoms with E-state index in [1.807, 2.05) is 0 Å². The van der Waals surface area contributed by atoms with Gasteiger partial charge in [0.15, 0.2) is 18.2 Å².